The maximum absolute atomic E-state index is 13.3. The monoisotopic (exact) mass is 748 g/mol. The normalized spacial score (nSPS) is 39.0. The number of aliphatic carboxylic acids is 1. The number of nitrogens with one attached hydrogen (secondary N) is 2. The lowest BCUT2D eigenvalue weighted by molar-refractivity contribution is -0.255. The predicted molar refractivity (Wildman–Crippen MR) is 187 cm³/mol. The van der Waals surface area contributed by atoms with Crippen LogP contribution in [-0.2, 0) is 47.6 Å². The highest BCUT2D eigenvalue weighted by molar-refractivity contribution is 7.89. The zero-order valence-electron chi connectivity index (χ0n) is 29.7. The molecule has 0 heterocycles. The van der Waals surface area contributed by atoms with Crippen LogP contribution in [0.1, 0.15) is 129 Å². The first-order valence-electron chi connectivity index (χ1n) is 19.1. The van der Waals surface area contributed by atoms with Gasteiger partial charge >= 0.3 is 17.3 Å². The molecule has 0 aromatic carbocycles. The van der Waals surface area contributed by atoms with E-state index in [0.717, 1.165) is 102 Å². The van der Waals surface area contributed by atoms with Crippen molar-refractivity contribution in [2.75, 3.05) is 6.61 Å². The molecule has 13 nitrogen and oxygen atoms in total. The highest BCUT2D eigenvalue weighted by Gasteiger charge is 2.41. The second-order valence-electron chi connectivity index (χ2n) is 15.8. The molecule has 7 atom stereocenters. The van der Waals surface area contributed by atoms with Gasteiger partial charge in [-0.2, -0.15) is 4.21 Å². The highest BCUT2D eigenvalue weighted by atomic mass is 32.2. The van der Waals surface area contributed by atoms with Crippen LogP contribution in [0, 0.1) is 29.6 Å². The summed E-state index contributed by atoms with van der Waals surface area (Å²) in [5.74, 6) is -1.20. The molecule has 50 heavy (non-hydrogen) atoms. The third kappa shape index (κ3) is 12.6. The molecule has 288 valence electrons. The van der Waals surface area contributed by atoms with Crippen LogP contribution < -0.4 is 10.6 Å². The zero-order valence-corrected chi connectivity index (χ0v) is 31.4. The molecule has 0 saturated heterocycles. The largest absolute Gasteiger partial charge is 0.481 e. The van der Waals surface area contributed by atoms with Gasteiger partial charge in [0.15, 0.2) is 12.3 Å². The Morgan fingerprint density at radius 1 is 0.720 bits per heavy atom. The van der Waals surface area contributed by atoms with E-state index < -0.39 is 29.2 Å². The van der Waals surface area contributed by atoms with Crippen molar-refractivity contribution in [3.05, 3.63) is 0 Å². The van der Waals surface area contributed by atoms with Crippen molar-refractivity contribution in [2.24, 2.45) is 29.6 Å². The molecule has 1 amide bonds. The standard InChI is InChI=1S/C35H60N2O11S2/c1-22-3-11-27(12-4-22)44-48-49-45-29-15-17-31(32(20-29)35(39)40)34(38)37-26-9-7-25(8-10-26)36-33-18-16-30(19-24(33)21-43-41)47-50(42)46-28-13-5-23(2)6-14-28/h22-33,36,41H,3-21H2,1-2H3,(H,37,38)(H,39,40). The minimum Gasteiger partial charge on any atom is -0.481 e. The fourth-order valence-corrected chi connectivity index (χ4v) is 9.99. The smallest absolute Gasteiger partial charge is 0.307 e. The quantitative estimate of drug-likeness (QED) is 0.0610. The lowest BCUT2D eigenvalue weighted by Gasteiger charge is -2.39. The third-order valence-electron chi connectivity index (χ3n) is 11.9. The minimum atomic E-state index is -1.79. The fourth-order valence-electron chi connectivity index (χ4n) is 8.67. The van der Waals surface area contributed by atoms with Gasteiger partial charge in [0.05, 0.1) is 42.9 Å². The Morgan fingerprint density at radius 2 is 1.32 bits per heavy atom. The average molecular weight is 749 g/mol. The van der Waals surface area contributed by atoms with E-state index in [1.54, 1.807) is 0 Å². The van der Waals surface area contributed by atoms with E-state index in [1.807, 2.05) is 0 Å². The molecule has 5 aliphatic rings. The van der Waals surface area contributed by atoms with E-state index in [0.29, 0.717) is 31.1 Å². The number of rotatable bonds is 16. The molecule has 0 spiro atoms. The fraction of sp³-hybridized carbons (Fsp3) is 0.943. The summed E-state index contributed by atoms with van der Waals surface area (Å²) in [6.45, 7) is 4.64. The summed E-state index contributed by atoms with van der Waals surface area (Å²) in [7, 11) is 0. The molecule has 5 saturated carbocycles. The van der Waals surface area contributed by atoms with Crippen molar-refractivity contribution in [1.29, 1.82) is 0 Å². The van der Waals surface area contributed by atoms with E-state index in [2.05, 4.69) is 29.4 Å². The number of carboxylic acids is 1. The molecule has 0 bridgehead atoms. The van der Waals surface area contributed by atoms with Crippen LogP contribution in [0.15, 0.2) is 0 Å². The lowest BCUT2D eigenvalue weighted by Crippen LogP contribution is -2.51. The zero-order chi connectivity index (χ0) is 35.5. The number of carbonyl (C=O) groups is 2. The topological polar surface area (TPSA) is 171 Å². The maximum atomic E-state index is 13.3. The predicted octanol–water partition coefficient (Wildman–Crippen LogP) is 6.20. The Bertz CT molecular complexity index is 1070. The Labute approximate surface area is 304 Å². The number of carboxylic acid groups (broad SMARTS) is 1. The Hall–Kier alpha value is -0.880. The van der Waals surface area contributed by atoms with Crippen molar-refractivity contribution >= 4 is 35.6 Å². The van der Waals surface area contributed by atoms with Gasteiger partial charge in [-0.1, -0.05) is 13.8 Å². The van der Waals surface area contributed by atoms with Gasteiger partial charge < -0.3 is 15.7 Å². The Kier molecular flexibility index (Phi) is 16.6. The van der Waals surface area contributed by atoms with E-state index >= 15 is 0 Å². The van der Waals surface area contributed by atoms with Crippen LogP contribution in [0.2, 0.25) is 0 Å². The number of carbonyl (C=O) groups excluding carboxylic acids is 1. The molecule has 0 aromatic rings. The summed E-state index contributed by atoms with van der Waals surface area (Å²) >= 11 is -1.03. The molecule has 5 fully saturated rings. The molecule has 0 aliphatic heterocycles. The van der Waals surface area contributed by atoms with Crippen LogP contribution in [0.5, 0.6) is 0 Å². The first-order chi connectivity index (χ1) is 24.2. The Morgan fingerprint density at radius 3 is 1.98 bits per heavy atom. The van der Waals surface area contributed by atoms with Gasteiger partial charge in [0, 0.05) is 24.0 Å². The molecule has 4 N–H and O–H groups in total. The Balaban J connectivity index is 0.986. The summed E-state index contributed by atoms with van der Waals surface area (Å²) in [6, 6.07) is 0.367. The van der Waals surface area contributed by atoms with Crippen molar-refractivity contribution in [2.45, 2.75) is 172 Å². The van der Waals surface area contributed by atoms with Crippen molar-refractivity contribution < 1.29 is 50.8 Å². The molecule has 15 heteroatoms. The van der Waals surface area contributed by atoms with Crippen LogP contribution in [0.25, 0.3) is 0 Å². The first kappa shape index (κ1) is 40.3. The summed E-state index contributed by atoms with van der Waals surface area (Å²) in [6.07, 6.45) is 14.3. The minimum absolute atomic E-state index is 0.00379. The number of hydrogen-bond donors (Lipinski definition) is 4. The van der Waals surface area contributed by atoms with Crippen LogP contribution >= 0.6 is 12.3 Å². The van der Waals surface area contributed by atoms with Crippen molar-refractivity contribution in [1.82, 2.24) is 10.6 Å². The molecule has 5 aliphatic carbocycles. The van der Waals surface area contributed by atoms with E-state index in [1.165, 1.54) is 0 Å². The van der Waals surface area contributed by atoms with Gasteiger partial charge in [-0.3, -0.25) is 27.4 Å². The molecular weight excluding hydrogens is 689 g/mol. The molecular formula is C35H60N2O11S2. The van der Waals surface area contributed by atoms with Crippen molar-refractivity contribution in [3.8, 4) is 0 Å². The molecule has 5 rings (SSSR count). The van der Waals surface area contributed by atoms with Gasteiger partial charge in [0.25, 0.3) is 0 Å². The van der Waals surface area contributed by atoms with Crippen molar-refractivity contribution in [3.63, 3.8) is 0 Å². The first-order valence-corrected chi connectivity index (χ1v) is 20.8. The van der Waals surface area contributed by atoms with Gasteiger partial charge in [-0.15, -0.1) is 4.33 Å². The summed E-state index contributed by atoms with van der Waals surface area (Å²) in [5, 5.41) is 26.2. The number of hydrogen-bond acceptors (Lipinski definition) is 12. The van der Waals surface area contributed by atoms with Gasteiger partial charge in [0.2, 0.25) is 5.91 Å². The number of amides is 1. The van der Waals surface area contributed by atoms with Gasteiger partial charge in [-0.05, 0) is 127 Å². The van der Waals surface area contributed by atoms with E-state index in [4.69, 9.17) is 21.8 Å². The average Bonchev–Trinajstić information content (AvgIpc) is 3.10. The summed E-state index contributed by atoms with van der Waals surface area (Å²) < 4.78 is 35.0. The second kappa shape index (κ2) is 20.5. The second-order valence-corrected chi connectivity index (χ2v) is 17.1. The summed E-state index contributed by atoms with van der Waals surface area (Å²) in [5.41, 5.74) is 0. The highest BCUT2D eigenvalue weighted by Crippen LogP contribution is 2.36. The summed E-state index contributed by atoms with van der Waals surface area (Å²) in [4.78, 5) is 35.5. The van der Waals surface area contributed by atoms with Crippen LogP contribution in [0.4, 0.5) is 0 Å². The van der Waals surface area contributed by atoms with Gasteiger partial charge in [-0.25, -0.2) is 9.78 Å². The molecule has 7 unspecified atom stereocenters. The van der Waals surface area contributed by atoms with E-state index in [9.17, 15) is 24.2 Å². The van der Waals surface area contributed by atoms with Crippen LogP contribution in [0.3, 0.4) is 0 Å². The SMILES string of the molecule is CC1CCC(OOSOC2CCC(C(=O)NC3CCC(NC4CCC(OS(=O)OC5CCC(C)CC5)CC4COO)CC3)C(C(=O)O)C2)CC1. The van der Waals surface area contributed by atoms with Crippen LogP contribution in [-0.4, -0.2) is 75.6 Å². The lowest BCUT2D eigenvalue weighted by atomic mass is 9.77. The maximum Gasteiger partial charge on any atom is 0.307 e. The molecule has 0 radical (unpaired) electrons. The van der Waals surface area contributed by atoms with Gasteiger partial charge in [0.1, 0.15) is 0 Å². The molecule has 0 aromatic heterocycles. The third-order valence-corrected chi connectivity index (χ3v) is 13.3. The van der Waals surface area contributed by atoms with E-state index in [-0.39, 0.29) is 67.4 Å².